The van der Waals surface area contributed by atoms with Gasteiger partial charge in [0.25, 0.3) is 0 Å². The molecule has 1 heterocycles. The highest BCUT2D eigenvalue weighted by Gasteiger charge is 2.20. The highest BCUT2D eigenvalue weighted by molar-refractivity contribution is 9.10. The summed E-state index contributed by atoms with van der Waals surface area (Å²) in [4.78, 5) is 0. The number of nitrogens with zero attached hydrogens (tertiary/aromatic N) is 1. The van der Waals surface area contributed by atoms with Crippen molar-refractivity contribution in [1.29, 1.82) is 0 Å². The minimum Gasteiger partial charge on any atom is -0.346 e. The van der Waals surface area contributed by atoms with Gasteiger partial charge in [-0.05, 0) is 31.0 Å². The first-order valence-corrected chi connectivity index (χ1v) is 6.51. The van der Waals surface area contributed by atoms with Gasteiger partial charge in [0.1, 0.15) is 0 Å². The molecule has 0 atom stereocenters. The molecule has 0 bridgehead atoms. The summed E-state index contributed by atoms with van der Waals surface area (Å²) >= 11 is 3.60. The molecule has 3 heteroatoms. The SMILES string of the molecule is Cn1c(CNC2CC2)cc2c(Br)cccc21. The molecule has 16 heavy (non-hydrogen) atoms. The molecule has 1 saturated carbocycles. The number of rotatable bonds is 3. The first-order valence-electron chi connectivity index (χ1n) is 5.72. The van der Waals surface area contributed by atoms with Gasteiger partial charge in [-0.15, -0.1) is 0 Å². The first-order chi connectivity index (χ1) is 7.75. The molecule has 0 aliphatic heterocycles. The molecule has 2 aromatic rings. The van der Waals surface area contributed by atoms with E-state index in [1.165, 1.54) is 33.9 Å². The van der Waals surface area contributed by atoms with Gasteiger partial charge in [0.05, 0.1) is 0 Å². The minimum atomic E-state index is 0.765. The van der Waals surface area contributed by atoms with E-state index in [9.17, 15) is 0 Å². The van der Waals surface area contributed by atoms with Gasteiger partial charge in [0.2, 0.25) is 0 Å². The Morgan fingerprint density at radius 2 is 2.25 bits per heavy atom. The van der Waals surface area contributed by atoms with Crippen LogP contribution in [0.5, 0.6) is 0 Å². The maximum absolute atomic E-state index is 3.60. The van der Waals surface area contributed by atoms with Crippen LogP contribution in [-0.2, 0) is 13.6 Å². The Kier molecular flexibility index (Phi) is 2.52. The van der Waals surface area contributed by atoms with Crippen LogP contribution < -0.4 is 5.32 Å². The quantitative estimate of drug-likeness (QED) is 0.913. The van der Waals surface area contributed by atoms with Crippen molar-refractivity contribution in [2.75, 3.05) is 0 Å². The number of aryl methyl sites for hydroxylation is 1. The number of hydrogen-bond donors (Lipinski definition) is 1. The van der Waals surface area contributed by atoms with E-state index in [0.717, 1.165) is 12.6 Å². The average molecular weight is 279 g/mol. The average Bonchev–Trinajstić information content (AvgIpc) is 3.04. The maximum Gasteiger partial charge on any atom is 0.0491 e. The minimum absolute atomic E-state index is 0.765. The Bertz CT molecular complexity index is 526. The molecule has 1 aromatic heterocycles. The summed E-state index contributed by atoms with van der Waals surface area (Å²) in [6, 6.07) is 9.39. The van der Waals surface area contributed by atoms with Crippen molar-refractivity contribution >= 4 is 26.8 Å². The standard InChI is InChI=1S/C13H15BrN2/c1-16-10(8-15-9-5-6-9)7-11-12(14)3-2-4-13(11)16/h2-4,7,9,15H,5-6,8H2,1H3. The largest absolute Gasteiger partial charge is 0.346 e. The Morgan fingerprint density at radius 1 is 1.44 bits per heavy atom. The van der Waals surface area contributed by atoms with Gasteiger partial charge in [0, 0.05) is 40.7 Å². The second kappa shape index (κ2) is 3.90. The Morgan fingerprint density at radius 3 is 2.94 bits per heavy atom. The van der Waals surface area contributed by atoms with Crippen LogP contribution in [0, 0.1) is 0 Å². The molecule has 1 N–H and O–H groups in total. The van der Waals surface area contributed by atoms with E-state index in [0.29, 0.717) is 0 Å². The highest BCUT2D eigenvalue weighted by Crippen LogP contribution is 2.27. The predicted octanol–water partition coefficient (Wildman–Crippen LogP) is 3.19. The first kappa shape index (κ1) is 10.4. The Labute approximate surface area is 104 Å². The van der Waals surface area contributed by atoms with Crippen LogP contribution in [-0.4, -0.2) is 10.6 Å². The maximum atomic E-state index is 3.60. The van der Waals surface area contributed by atoms with E-state index in [4.69, 9.17) is 0 Å². The van der Waals surface area contributed by atoms with Crippen LogP contribution in [0.2, 0.25) is 0 Å². The van der Waals surface area contributed by atoms with Crippen molar-refractivity contribution in [1.82, 2.24) is 9.88 Å². The summed E-state index contributed by atoms with van der Waals surface area (Å²) in [6.07, 6.45) is 2.68. The van der Waals surface area contributed by atoms with Crippen LogP contribution in [0.1, 0.15) is 18.5 Å². The van der Waals surface area contributed by atoms with E-state index in [2.05, 4.69) is 57.1 Å². The molecule has 0 saturated heterocycles. The lowest BCUT2D eigenvalue weighted by molar-refractivity contribution is 0.655. The van der Waals surface area contributed by atoms with Crippen LogP contribution in [0.3, 0.4) is 0 Å². The number of nitrogens with one attached hydrogen (secondary N) is 1. The second-order valence-corrected chi connectivity index (χ2v) is 5.38. The van der Waals surface area contributed by atoms with Crippen molar-refractivity contribution in [3.8, 4) is 0 Å². The summed E-state index contributed by atoms with van der Waals surface area (Å²) in [5, 5.41) is 4.86. The zero-order valence-electron chi connectivity index (χ0n) is 9.33. The third kappa shape index (κ3) is 1.78. The van der Waals surface area contributed by atoms with Crippen molar-refractivity contribution in [3.05, 3.63) is 34.4 Å². The molecular formula is C13H15BrN2. The van der Waals surface area contributed by atoms with E-state index in [-0.39, 0.29) is 0 Å². The fourth-order valence-corrected chi connectivity index (χ4v) is 2.56. The molecule has 3 rings (SSSR count). The molecule has 1 fully saturated rings. The summed E-state index contributed by atoms with van der Waals surface area (Å²) < 4.78 is 3.45. The summed E-state index contributed by atoms with van der Waals surface area (Å²) in [5.41, 5.74) is 2.65. The Hall–Kier alpha value is -0.800. The second-order valence-electron chi connectivity index (χ2n) is 4.52. The van der Waals surface area contributed by atoms with Crippen molar-refractivity contribution < 1.29 is 0 Å². The fourth-order valence-electron chi connectivity index (χ4n) is 2.09. The molecule has 2 nitrogen and oxygen atoms in total. The topological polar surface area (TPSA) is 17.0 Å². The molecule has 0 unspecified atom stereocenters. The monoisotopic (exact) mass is 278 g/mol. The molecule has 0 amide bonds. The van der Waals surface area contributed by atoms with E-state index in [1.54, 1.807) is 0 Å². The zero-order chi connectivity index (χ0) is 11.1. The molecule has 1 aromatic carbocycles. The predicted molar refractivity (Wildman–Crippen MR) is 70.5 cm³/mol. The highest BCUT2D eigenvalue weighted by atomic mass is 79.9. The van der Waals surface area contributed by atoms with Gasteiger partial charge in [-0.25, -0.2) is 0 Å². The van der Waals surface area contributed by atoms with Crippen LogP contribution >= 0.6 is 15.9 Å². The van der Waals surface area contributed by atoms with Gasteiger partial charge in [-0.1, -0.05) is 22.0 Å². The lowest BCUT2D eigenvalue weighted by Crippen LogP contribution is -2.17. The smallest absolute Gasteiger partial charge is 0.0491 e. The van der Waals surface area contributed by atoms with Gasteiger partial charge in [-0.3, -0.25) is 0 Å². The summed E-state index contributed by atoms with van der Waals surface area (Å²) in [7, 11) is 2.14. The fraction of sp³-hybridized carbons (Fsp3) is 0.385. The van der Waals surface area contributed by atoms with Gasteiger partial charge in [0.15, 0.2) is 0 Å². The number of hydrogen-bond acceptors (Lipinski definition) is 1. The number of aromatic nitrogens is 1. The van der Waals surface area contributed by atoms with Crippen LogP contribution in [0.4, 0.5) is 0 Å². The van der Waals surface area contributed by atoms with E-state index < -0.39 is 0 Å². The molecule has 0 radical (unpaired) electrons. The lowest BCUT2D eigenvalue weighted by Gasteiger charge is -2.04. The summed E-state index contributed by atoms with van der Waals surface area (Å²) in [5.74, 6) is 0. The van der Waals surface area contributed by atoms with Gasteiger partial charge >= 0.3 is 0 Å². The van der Waals surface area contributed by atoms with Gasteiger partial charge in [-0.2, -0.15) is 0 Å². The third-order valence-electron chi connectivity index (χ3n) is 3.28. The number of fused-ring (bicyclic) bond motifs is 1. The van der Waals surface area contributed by atoms with Gasteiger partial charge < -0.3 is 9.88 Å². The lowest BCUT2D eigenvalue weighted by atomic mass is 10.2. The Balaban J connectivity index is 1.97. The zero-order valence-corrected chi connectivity index (χ0v) is 10.9. The molecule has 0 spiro atoms. The normalized spacial score (nSPS) is 15.9. The third-order valence-corrected chi connectivity index (χ3v) is 3.97. The van der Waals surface area contributed by atoms with E-state index in [1.807, 2.05) is 0 Å². The molecule has 1 aliphatic carbocycles. The van der Waals surface area contributed by atoms with Crippen LogP contribution in [0.15, 0.2) is 28.7 Å². The number of benzene rings is 1. The van der Waals surface area contributed by atoms with Crippen molar-refractivity contribution in [3.63, 3.8) is 0 Å². The van der Waals surface area contributed by atoms with Crippen LogP contribution in [0.25, 0.3) is 10.9 Å². The van der Waals surface area contributed by atoms with E-state index >= 15 is 0 Å². The molecule has 84 valence electrons. The number of halogens is 1. The van der Waals surface area contributed by atoms with Crippen molar-refractivity contribution in [2.45, 2.75) is 25.4 Å². The molecular weight excluding hydrogens is 264 g/mol. The molecule has 1 aliphatic rings. The van der Waals surface area contributed by atoms with Crippen molar-refractivity contribution in [2.24, 2.45) is 7.05 Å². The summed E-state index contributed by atoms with van der Waals surface area (Å²) in [6.45, 7) is 0.974.